The van der Waals surface area contributed by atoms with Gasteiger partial charge in [-0.2, -0.15) is 8.42 Å². The van der Waals surface area contributed by atoms with Crippen molar-refractivity contribution in [3.05, 3.63) is 22.4 Å². The fourth-order valence-corrected chi connectivity index (χ4v) is 3.36. The summed E-state index contributed by atoms with van der Waals surface area (Å²) in [5, 5.41) is 8.81. The molecule has 2 atom stereocenters. The monoisotopic (exact) mass is 362 g/mol. The summed E-state index contributed by atoms with van der Waals surface area (Å²) in [6, 6.07) is 0.650. The number of β-lactam (4-membered cyclic amide) rings is 1. The van der Waals surface area contributed by atoms with Crippen molar-refractivity contribution in [1.29, 1.82) is 0 Å². The number of rotatable bonds is 5. The number of hydrogen-bond acceptors (Lipinski definition) is 6. The molecule has 1 aromatic rings. The van der Waals surface area contributed by atoms with Crippen LogP contribution in [-0.2, 0) is 19.9 Å². The number of carbonyl (C=O) groups excluding carboxylic acids is 3. The molecule has 1 saturated heterocycles. The molecule has 1 aliphatic heterocycles. The molecule has 12 heteroatoms. The summed E-state index contributed by atoms with van der Waals surface area (Å²) in [7, 11) is -3.23. The topological polar surface area (TPSA) is 145 Å². The smallest absolute Gasteiger partial charge is 0.341 e. The second-order valence-electron chi connectivity index (χ2n) is 4.58. The maximum Gasteiger partial charge on any atom is 0.362 e. The molecule has 23 heavy (non-hydrogen) atoms. The Kier molecular flexibility index (Phi) is 4.87. The van der Waals surface area contributed by atoms with Crippen molar-refractivity contribution in [1.82, 2.24) is 20.3 Å². The van der Waals surface area contributed by atoms with Crippen molar-refractivity contribution in [2.45, 2.75) is 12.1 Å². The van der Waals surface area contributed by atoms with Gasteiger partial charge in [-0.25, -0.2) is 9.10 Å². The summed E-state index contributed by atoms with van der Waals surface area (Å²) in [6.07, 6.45) is 0. The van der Waals surface area contributed by atoms with Gasteiger partial charge in [0, 0.05) is 11.9 Å². The van der Waals surface area contributed by atoms with Crippen molar-refractivity contribution >= 4 is 39.5 Å². The maximum atomic E-state index is 12.3. The summed E-state index contributed by atoms with van der Waals surface area (Å²) in [5.74, 6) is -1.60. The number of amides is 4. The van der Waals surface area contributed by atoms with E-state index in [-0.39, 0.29) is 10.8 Å². The third-order valence-corrected chi connectivity index (χ3v) is 4.90. The van der Waals surface area contributed by atoms with E-state index in [4.69, 9.17) is 4.55 Å². The van der Waals surface area contributed by atoms with Crippen molar-refractivity contribution in [3.8, 4) is 0 Å². The van der Waals surface area contributed by atoms with E-state index in [0.29, 0.717) is 4.88 Å². The van der Waals surface area contributed by atoms with Crippen LogP contribution in [0.4, 0.5) is 4.79 Å². The Morgan fingerprint density at radius 1 is 1.48 bits per heavy atom. The van der Waals surface area contributed by atoms with E-state index in [1.165, 1.54) is 18.4 Å². The van der Waals surface area contributed by atoms with Crippen LogP contribution in [0.25, 0.3) is 0 Å². The minimum atomic E-state index is -4.62. The molecule has 10 nitrogen and oxygen atoms in total. The van der Waals surface area contributed by atoms with Crippen molar-refractivity contribution in [2.24, 2.45) is 0 Å². The minimum Gasteiger partial charge on any atom is -0.341 e. The van der Waals surface area contributed by atoms with Gasteiger partial charge in [0.05, 0.1) is 6.54 Å². The number of thiophene rings is 1. The van der Waals surface area contributed by atoms with Crippen molar-refractivity contribution < 1.29 is 27.4 Å². The summed E-state index contributed by atoms with van der Waals surface area (Å²) in [4.78, 5) is 35.9. The highest BCUT2D eigenvalue weighted by molar-refractivity contribution is 7.84. The molecule has 0 aliphatic carbocycles. The van der Waals surface area contributed by atoms with Gasteiger partial charge in [0.15, 0.2) is 0 Å². The first kappa shape index (κ1) is 17.2. The van der Waals surface area contributed by atoms with Gasteiger partial charge < -0.3 is 16.0 Å². The molecule has 0 aromatic carbocycles. The average molecular weight is 362 g/mol. The first-order chi connectivity index (χ1) is 10.7. The highest BCUT2D eigenvalue weighted by Crippen LogP contribution is 2.21. The molecule has 0 saturated carbocycles. The Morgan fingerprint density at radius 2 is 2.17 bits per heavy atom. The van der Waals surface area contributed by atoms with Crippen LogP contribution in [0.1, 0.15) is 10.9 Å². The normalized spacial score (nSPS) is 18.8. The van der Waals surface area contributed by atoms with E-state index in [1.54, 1.807) is 17.5 Å². The summed E-state index contributed by atoms with van der Waals surface area (Å²) in [5.41, 5.74) is 0. The molecule has 0 bridgehead atoms. The summed E-state index contributed by atoms with van der Waals surface area (Å²) in [6.45, 7) is -0.361. The molecule has 1 fully saturated rings. The molecule has 0 spiro atoms. The zero-order valence-corrected chi connectivity index (χ0v) is 13.5. The molecule has 1 aromatic heterocycles. The molecule has 4 N–H and O–H groups in total. The maximum absolute atomic E-state index is 12.3. The molecule has 2 heterocycles. The van der Waals surface area contributed by atoms with E-state index in [0.717, 1.165) is 0 Å². The summed E-state index contributed by atoms with van der Waals surface area (Å²) >= 11 is 1.24. The van der Waals surface area contributed by atoms with Crippen LogP contribution in [0, 0.1) is 0 Å². The second-order valence-corrected chi connectivity index (χ2v) is 6.90. The zero-order valence-electron chi connectivity index (χ0n) is 11.8. The quantitative estimate of drug-likeness (QED) is 0.384. The Labute approximate surface area is 135 Å². The Balaban J connectivity index is 2.05. The van der Waals surface area contributed by atoms with E-state index in [9.17, 15) is 22.8 Å². The lowest BCUT2D eigenvalue weighted by Gasteiger charge is -2.35. The molecule has 2 rings (SSSR count). The Bertz CT molecular complexity index is 717. The number of nitrogens with zero attached hydrogens (tertiary/aromatic N) is 1. The van der Waals surface area contributed by atoms with Gasteiger partial charge in [0.1, 0.15) is 12.1 Å². The predicted molar refractivity (Wildman–Crippen MR) is 79.8 cm³/mol. The second kappa shape index (κ2) is 6.52. The molecule has 126 valence electrons. The predicted octanol–water partition coefficient (Wildman–Crippen LogP) is -1.15. The SMILES string of the molecule is CNC(=O)NC(C(=O)N[C@H]1CN(S(=O)(=O)O)C1=O)c1cccs1. The van der Waals surface area contributed by atoms with Crippen molar-refractivity contribution in [3.63, 3.8) is 0 Å². The van der Waals surface area contributed by atoms with E-state index < -0.39 is 40.2 Å². The number of carbonyl (C=O) groups is 3. The molecular formula is C11H14N4O6S2. The van der Waals surface area contributed by atoms with E-state index in [2.05, 4.69) is 16.0 Å². The lowest BCUT2D eigenvalue weighted by atomic mass is 10.1. The van der Waals surface area contributed by atoms with Gasteiger partial charge in [-0.15, -0.1) is 11.3 Å². The third-order valence-electron chi connectivity index (χ3n) is 3.08. The molecule has 1 unspecified atom stereocenters. The van der Waals surface area contributed by atoms with Gasteiger partial charge in [-0.05, 0) is 11.4 Å². The summed E-state index contributed by atoms with van der Waals surface area (Å²) < 4.78 is 30.7. The average Bonchev–Trinajstić information content (AvgIpc) is 3.00. The highest BCUT2D eigenvalue weighted by atomic mass is 32.2. The highest BCUT2D eigenvalue weighted by Gasteiger charge is 2.45. The van der Waals surface area contributed by atoms with Crippen LogP contribution in [0.15, 0.2) is 17.5 Å². The zero-order chi connectivity index (χ0) is 17.2. The number of hydrogen-bond donors (Lipinski definition) is 4. The minimum absolute atomic E-state index is 0.240. The fraction of sp³-hybridized carbons (Fsp3) is 0.364. The standard InChI is InChI=1S/C11H14N4O6S2/c1-12-11(18)14-8(7-3-2-4-22-7)9(16)13-6-5-15(10(6)17)23(19,20)21/h2-4,6,8H,5H2,1H3,(H,13,16)(H2,12,14,18)(H,19,20,21)/t6-,8?/m0/s1. The van der Waals surface area contributed by atoms with Crippen LogP contribution in [0.3, 0.4) is 0 Å². The first-order valence-electron chi connectivity index (χ1n) is 6.35. The van der Waals surface area contributed by atoms with Crippen LogP contribution >= 0.6 is 11.3 Å². The lowest BCUT2D eigenvalue weighted by Crippen LogP contribution is -2.66. The first-order valence-corrected chi connectivity index (χ1v) is 8.62. The van der Waals surface area contributed by atoms with Crippen LogP contribution in [-0.4, -0.2) is 54.8 Å². The number of urea groups is 1. The molecule has 4 amide bonds. The van der Waals surface area contributed by atoms with Crippen LogP contribution in [0.2, 0.25) is 0 Å². The fourth-order valence-electron chi connectivity index (χ4n) is 1.89. The molecule has 1 aliphatic rings. The van der Waals surface area contributed by atoms with Gasteiger partial charge >= 0.3 is 16.3 Å². The van der Waals surface area contributed by atoms with Crippen LogP contribution < -0.4 is 16.0 Å². The van der Waals surface area contributed by atoms with Gasteiger partial charge in [0.25, 0.3) is 5.91 Å². The molecular weight excluding hydrogens is 348 g/mol. The molecule has 0 radical (unpaired) electrons. The number of nitrogens with one attached hydrogen (secondary N) is 3. The van der Waals surface area contributed by atoms with Crippen molar-refractivity contribution in [2.75, 3.05) is 13.6 Å². The van der Waals surface area contributed by atoms with Gasteiger partial charge in [-0.3, -0.25) is 14.1 Å². The van der Waals surface area contributed by atoms with Crippen LogP contribution in [0.5, 0.6) is 0 Å². The third kappa shape index (κ3) is 3.78. The van der Waals surface area contributed by atoms with Gasteiger partial charge in [-0.1, -0.05) is 6.07 Å². The van der Waals surface area contributed by atoms with Gasteiger partial charge in [0.2, 0.25) is 5.91 Å². The Hall–Kier alpha value is -2.18. The van der Waals surface area contributed by atoms with E-state index in [1.807, 2.05) is 0 Å². The Morgan fingerprint density at radius 3 is 2.65 bits per heavy atom. The largest absolute Gasteiger partial charge is 0.362 e. The van der Waals surface area contributed by atoms with E-state index >= 15 is 0 Å². The lowest BCUT2D eigenvalue weighted by molar-refractivity contribution is -0.141.